The molecule has 2 amide bonds. The molecule has 0 radical (unpaired) electrons. The third kappa shape index (κ3) is 2.93. The van der Waals surface area contributed by atoms with Gasteiger partial charge in [0.1, 0.15) is 5.75 Å². The van der Waals surface area contributed by atoms with Crippen LogP contribution in [0.2, 0.25) is 0 Å². The smallest absolute Gasteiger partial charge is 0.248 e. The van der Waals surface area contributed by atoms with E-state index < -0.39 is 5.91 Å². The molecule has 2 fully saturated rings. The number of carbonyl (C=O) groups is 2. The minimum atomic E-state index is -0.522. The van der Waals surface area contributed by atoms with Gasteiger partial charge >= 0.3 is 0 Å². The maximum atomic E-state index is 12.3. The summed E-state index contributed by atoms with van der Waals surface area (Å²) in [5.41, 5.74) is 6.15. The van der Waals surface area contributed by atoms with E-state index in [1.54, 1.807) is 18.2 Å². The largest absolute Gasteiger partial charge is 0.495 e. The van der Waals surface area contributed by atoms with E-state index in [1.807, 2.05) is 0 Å². The fourth-order valence-corrected chi connectivity index (χ4v) is 4.02. The van der Waals surface area contributed by atoms with Crippen molar-refractivity contribution in [2.45, 2.75) is 32.1 Å². The highest BCUT2D eigenvalue weighted by molar-refractivity contribution is 5.97. The topological polar surface area (TPSA) is 81.4 Å². The molecule has 0 spiro atoms. The van der Waals surface area contributed by atoms with Gasteiger partial charge in [-0.2, -0.15) is 0 Å². The number of fused-ring (bicyclic) bond motifs is 2. The van der Waals surface area contributed by atoms with Gasteiger partial charge < -0.3 is 15.8 Å². The molecular formula is C17H22N2O3. The number of carbonyl (C=O) groups excluding carboxylic acids is 2. The Balaban J connectivity index is 1.67. The molecular weight excluding hydrogens is 280 g/mol. The molecule has 3 unspecified atom stereocenters. The number of methoxy groups -OCH3 is 1. The quantitative estimate of drug-likeness (QED) is 0.877. The molecule has 3 N–H and O–H groups in total. The number of benzene rings is 1. The summed E-state index contributed by atoms with van der Waals surface area (Å²) in [6.45, 7) is 0. The number of amides is 2. The van der Waals surface area contributed by atoms with Crippen molar-refractivity contribution >= 4 is 17.5 Å². The minimum absolute atomic E-state index is 0.0162. The molecule has 3 rings (SSSR count). The summed E-state index contributed by atoms with van der Waals surface area (Å²) in [6.07, 6.45) is 5.61. The van der Waals surface area contributed by atoms with Crippen LogP contribution in [0.3, 0.4) is 0 Å². The second kappa shape index (κ2) is 5.99. The summed E-state index contributed by atoms with van der Waals surface area (Å²) >= 11 is 0. The van der Waals surface area contributed by atoms with Crippen LogP contribution in [0.15, 0.2) is 18.2 Å². The Morgan fingerprint density at radius 2 is 2.14 bits per heavy atom. The number of rotatable bonds is 5. The van der Waals surface area contributed by atoms with Gasteiger partial charge in [0.2, 0.25) is 11.8 Å². The van der Waals surface area contributed by atoms with Crippen molar-refractivity contribution in [2.24, 2.45) is 23.5 Å². The molecule has 118 valence electrons. The molecule has 2 aliphatic rings. The lowest BCUT2D eigenvalue weighted by Crippen LogP contribution is -2.21. The van der Waals surface area contributed by atoms with Gasteiger partial charge in [0.05, 0.1) is 12.8 Å². The van der Waals surface area contributed by atoms with Crippen LogP contribution in [0, 0.1) is 17.8 Å². The molecule has 0 saturated heterocycles. The molecule has 5 nitrogen and oxygen atoms in total. The van der Waals surface area contributed by atoms with Gasteiger partial charge in [0, 0.05) is 12.0 Å². The van der Waals surface area contributed by atoms with Crippen molar-refractivity contribution in [3.05, 3.63) is 23.8 Å². The number of hydrogen-bond acceptors (Lipinski definition) is 3. The Morgan fingerprint density at radius 3 is 2.73 bits per heavy atom. The minimum Gasteiger partial charge on any atom is -0.495 e. The van der Waals surface area contributed by atoms with Crippen molar-refractivity contribution < 1.29 is 14.3 Å². The van der Waals surface area contributed by atoms with Gasteiger partial charge in [0.15, 0.2) is 0 Å². The number of anilines is 1. The average molecular weight is 302 g/mol. The summed E-state index contributed by atoms with van der Waals surface area (Å²) < 4.78 is 5.23. The first kappa shape index (κ1) is 14.9. The molecule has 5 heteroatoms. The van der Waals surface area contributed by atoms with Gasteiger partial charge in [-0.25, -0.2) is 0 Å². The van der Waals surface area contributed by atoms with Crippen molar-refractivity contribution in [1.29, 1.82) is 0 Å². The van der Waals surface area contributed by atoms with Crippen molar-refractivity contribution in [2.75, 3.05) is 12.4 Å². The van der Waals surface area contributed by atoms with Gasteiger partial charge in [-0.15, -0.1) is 0 Å². The monoisotopic (exact) mass is 302 g/mol. The lowest BCUT2D eigenvalue weighted by atomic mass is 9.86. The molecule has 1 aromatic carbocycles. The van der Waals surface area contributed by atoms with Crippen LogP contribution < -0.4 is 15.8 Å². The van der Waals surface area contributed by atoms with E-state index >= 15 is 0 Å². The summed E-state index contributed by atoms with van der Waals surface area (Å²) in [7, 11) is 1.53. The van der Waals surface area contributed by atoms with E-state index in [1.165, 1.54) is 32.8 Å². The molecule has 2 aliphatic carbocycles. The first-order valence-electron chi connectivity index (χ1n) is 7.84. The number of hydrogen-bond donors (Lipinski definition) is 2. The van der Waals surface area contributed by atoms with E-state index in [0.29, 0.717) is 29.3 Å². The highest BCUT2D eigenvalue weighted by atomic mass is 16.5. The number of ether oxygens (including phenoxy) is 1. The Morgan fingerprint density at radius 1 is 1.32 bits per heavy atom. The van der Waals surface area contributed by atoms with Crippen LogP contribution in [-0.2, 0) is 4.79 Å². The predicted molar refractivity (Wildman–Crippen MR) is 83.7 cm³/mol. The second-order valence-electron chi connectivity index (χ2n) is 6.47. The van der Waals surface area contributed by atoms with Gasteiger partial charge in [-0.05, 0) is 55.2 Å². The SMILES string of the molecule is COc1ccc(C(N)=O)cc1NC(=O)CC1CC2CCC1C2. The van der Waals surface area contributed by atoms with E-state index in [9.17, 15) is 9.59 Å². The van der Waals surface area contributed by atoms with Gasteiger partial charge in [-0.1, -0.05) is 6.42 Å². The molecule has 22 heavy (non-hydrogen) atoms. The Labute approximate surface area is 130 Å². The second-order valence-corrected chi connectivity index (χ2v) is 6.47. The lowest BCUT2D eigenvalue weighted by Gasteiger charge is -2.21. The van der Waals surface area contributed by atoms with Crippen LogP contribution >= 0.6 is 0 Å². The summed E-state index contributed by atoms with van der Waals surface area (Å²) in [5, 5.41) is 2.87. The highest BCUT2D eigenvalue weighted by Crippen LogP contribution is 2.49. The highest BCUT2D eigenvalue weighted by Gasteiger charge is 2.40. The maximum absolute atomic E-state index is 12.3. The summed E-state index contributed by atoms with van der Waals surface area (Å²) in [4.78, 5) is 23.6. The van der Waals surface area contributed by atoms with Crippen molar-refractivity contribution in [3.8, 4) is 5.75 Å². The zero-order chi connectivity index (χ0) is 15.7. The molecule has 0 aromatic heterocycles. The standard InChI is InChI=1S/C17H22N2O3/c1-22-15-5-4-12(17(18)21)8-14(15)19-16(20)9-13-7-10-2-3-11(13)6-10/h4-5,8,10-11,13H,2-3,6-7,9H2,1H3,(H2,18,21)(H,19,20). The van der Waals surface area contributed by atoms with Crippen LogP contribution in [-0.4, -0.2) is 18.9 Å². The molecule has 1 aromatic rings. The zero-order valence-corrected chi connectivity index (χ0v) is 12.8. The molecule has 2 saturated carbocycles. The van der Waals surface area contributed by atoms with Gasteiger partial charge in [0.25, 0.3) is 0 Å². The molecule has 3 atom stereocenters. The normalized spacial score (nSPS) is 26.0. The summed E-state index contributed by atoms with van der Waals surface area (Å²) in [5.74, 6) is 2.05. The lowest BCUT2D eigenvalue weighted by molar-refractivity contribution is -0.117. The van der Waals surface area contributed by atoms with Crippen LogP contribution in [0.4, 0.5) is 5.69 Å². The van der Waals surface area contributed by atoms with E-state index in [-0.39, 0.29) is 5.91 Å². The maximum Gasteiger partial charge on any atom is 0.248 e. The van der Waals surface area contributed by atoms with E-state index in [0.717, 1.165) is 11.8 Å². The fraction of sp³-hybridized carbons (Fsp3) is 0.529. The fourth-order valence-electron chi connectivity index (χ4n) is 4.02. The van der Waals surface area contributed by atoms with E-state index in [4.69, 9.17) is 10.5 Å². The summed E-state index contributed by atoms with van der Waals surface area (Å²) in [6, 6.07) is 4.81. The van der Waals surface area contributed by atoms with Crippen molar-refractivity contribution in [3.63, 3.8) is 0 Å². The van der Waals surface area contributed by atoms with Crippen molar-refractivity contribution in [1.82, 2.24) is 0 Å². The number of nitrogens with two attached hydrogens (primary N) is 1. The van der Waals surface area contributed by atoms with Gasteiger partial charge in [-0.3, -0.25) is 9.59 Å². The Hall–Kier alpha value is -2.04. The predicted octanol–water partition coefficient (Wildman–Crippen LogP) is 2.56. The first-order valence-corrected chi connectivity index (χ1v) is 7.84. The van der Waals surface area contributed by atoms with Crippen LogP contribution in [0.5, 0.6) is 5.75 Å². The zero-order valence-electron chi connectivity index (χ0n) is 12.8. The van der Waals surface area contributed by atoms with Crippen LogP contribution in [0.25, 0.3) is 0 Å². The first-order chi connectivity index (χ1) is 10.6. The average Bonchev–Trinajstić information content (AvgIpc) is 3.09. The third-order valence-electron chi connectivity index (χ3n) is 5.09. The molecule has 2 bridgehead atoms. The Kier molecular flexibility index (Phi) is 4.05. The third-order valence-corrected chi connectivity index (χ3v) is 5.09. The Bertz CT molecular complexity index is 600. The number of nitrogens with one attached hydrogen (secondary N) is 1. The molecule has 0 aliphatic heterocycles. The molecule has 0 heterocycles. The van der Waals surface area contributed by atoms with E-state index in [2.05, 4.69) is 5.32 Å². The number of primary amides is 1. The van der Waals surface area contributed by atoms with Crippen LogP contribution in [0.1, 0.15) is 42.5 Å².